The Kier molecular flexibility index (Phi) is 4.01. The first-order valence-corrected chi connectivity index (χ1v) is 5.81. The fourth-order valence-corrected chi connectivity index (χ4v) is 1.65. The van der Waals surface area contributed by atoms with Crippen LogP contribution in [-0.4, -0.2) is 22.9 Å². The summed E-state index contributed by atoms with van der Waals surface area (Å²) in [5.41, 5.74) is 6.23. The van der Waals surface area contributed by atoms with E-state index >= 15 is 0 Å². The zero-order chi connectivity index (χ0) is 12.1. The van der Waals surface area contributed by atoms with Crippen LogP contribution in [0.3, 0.4) is 0 Å². The van der Waals surface area contributed by atoms with Crippen LogP contribution in [0.5, 0.6) is 5.75 Å². The van der Waals surface area contributed by atoms with Crippen molar-refractivity contribution in [3.8, 4) is 11.4 Å². The van der Waals surface area contributed by atoms with Crippen LogP contribution in [-0.2, 0) is 0 Å². The van der Waals surface area contributed by atoms with Gasteiger partial charge in [0.15, 0.2) is 5.75 Å². The number of nitrogens with zero attached hydrogens (tertiary/aromatic N) is 2. The molecule has 2 aromatic rings. The van der Waals surface area contributed by atoms with E-state index in [1.54, 1.807) is 17.1 Å². The van der Waals surface area contributed by atoms with E-state index in [9.17, 15) is 0 Å². The molecule has 17 heavy (non-hydrogen) atoms. The second kappa shape index (κ2) is 5.70. The van der Waals surface area contributed by atoms with E-state index in [1.165, 1.54) is 0 Å². The van der Waals surface area contributed by atoms with Crippen molar-refractivity contribution >= 4 is 11.6 Å². The molecule has 5 heteroatoms. The minimum Gasteiger partial charge on any atom is -0.490 e. The highest BCUT2D eigenvalue weighted by molar-refractivity contribution is 6.32. The van der Waals surface area contributed by atoms with Crippen LogP contribution in [0.1, 0.15) is 6.42 Å². The molecule has 0 radical (unpaired) electrons. The number of rotatable bonds is 5. The maximum absolute atomic E-state index is 6.08. The maximum atomic E-state index is 6.08. The Bertz CT molecular complexity index is 484. The molecule has 4 nitrogen and oxygen atoms in total. The lowest BCUT2D eigenvalue weighted by atomic mass is 10.3. The lowest BCUT2D eigenvalue weighted by molar-refractivity contribution is 0.313. The summed E-state index contributed by atoms with van der Waals surface area (Å²) in [5.74, 6) is 0.721. The second-order valence-corrected chi connectivity index (χ2v) is 3.97. The SMILES string of the molecule is NCCCOc1cnn(-c2ccccc2Cl)c1. The lowest BCUT2D eigenvalue weighted by Crippen LogP contribution is -2.05. The molecule has 0 amide bonds. The number of aromatic nitrogens is 2. The predicted octanol–water partition coefficient (Wildman–Crippen LogP) is 2.25. The Hall–Kier alpha value is -1.52. The molecule has 0 saturated carbocycles. The molecule has 0 aliphatic carbocycles. The van der Waals surface area contributed by atoms with Gasteiger partial charge >= 0.3 is 0 Å². The van der Waals surface area contributed by atoms with E-state index in [2.05, 4.69) is 5.10 Å². The number of hydrogen-bond donors (Lipinski definition) is 1. The number of nitrogens with two attached hydrogens (primary N) is 1. The molecule has 0 saturated heterocycles. The largest absolute Gasteiger partial charge is 0.490 e. The molecule has 0 aliphatic heterocycles. The first kappa shape index (κ1) is 12.0. The monoisotopic (exact) mass is 251 g/mol. The van der Waals surface area contributed by atoms with Crippen molar-refractivity contribution in [2.75, 3.05) is 13.2 Å². The van der Waals surface area contributed by atoms with Gasteiger partial charge < -0.3 is 10.5 Å². The van der Waals surface area contributed by atoms with E-state index in [4.69, 9.17) is 22.1 Å². The number of halogens is 1. The third-order valence-electron chi connectivity index (χ3n) is 2.28. The summed E-state index contributed by atoms with van der Waals surface area (Å²) in [7, 11) is 0. The van der Waals surface area contributed by atoms with Crippen molar-refractivity contribution in [1.82, 2.24) is 9.78 Å². The van der Waals surface area contributed by atoms with Gasteiger partial charge in [-0.15, -0.1) is 0 Å². The van der Waals surface area contributed by atoms with Gasteiger partial charge in [0.2, 0.25) is 0 Å². The average Bonchev–Trinajstić information content (AvgIpc) is 2.79. The highest BCUT2D eigenvalue weighted by Gasteiger charge is 2.04. The fraction of sp³-hybridized carbons (Fsp3) is 0.250. The highest BCUT2D eigenvalue weighted by atomic mass is 35.5. The van der Waals surface area contributed by atoms with E-state index < -0.39 is 0 Å². The van der Waals surface area contributed by atoms with Gasteiger partial charge in [-0.1, -0.05) is 23.7 Å². The van der Waals surface area contributed by atoms with Crippen molar-refractivity contribution in [3.63, 3.8) is 0 Å². The predicted molar refractivity (Wildman–Crippen MR) is 67.7 cm³/mol. The number of ether oxygens (including phenoxy) is 1. The summed E-state index contributed by atoms with van der Waals surface area (Å²) in [6.45, 7) is 1.23. The van der Waals surface area contributed by atoms with Gasteiger partial charge in [0.1, 0.15) is 0 Å². The summed E-state index contributed by atoms with van der Waals surface area (Å²) in [6, 6.07) is 7.53. The highest BCUT2D eigenvalue weighted by Crippen LogP contribution is 2.21. The molecule has 0 atom stereocenters. The average molecular weight is 252 g/mol. The van der Waals surface area contributed by atoms with Crippen molar-refractivity contribution < 1.29 is 4.74 Å². The van der Waals surface area contributed by atoms with Crippen molar-refractivity contribution in [2.45, 2.75) is 6.42 Å². The zero-order valence-corrected chi connectivity index (χ0v) is 10.1. The van der Waals surface area contributed by atoms with E-state index in [0.29, 0.717) is 18.2 Å². The summed E-state index contributed by atoms with van der Waals surface area (Å²) >= 11 is 6.08. The first-order chi connectivity index (χ1) is 8.31. The minimum atomic E-state index is 0.602. The Morgan fingerprint density at radius 1 is 1.35 bits per heavy atom. The topological polar surface area (TPSA) is 53.1 Å². The standard InChI is InChI=1S/C12H14ClN3O/c13-11-4-1-2-5-12(11)16-9-10(8-15-16)17-7-3-6-14/h1-2,4-5,8-9H,3,6-7,14H2. The summed E-state index contributed by atoms with van der Waals surface area (Å²) < 4.78 is 7.18. The van der Waals surface area contributed by atoms with Crippen LogP contribution in [0.25, 0.3) is 5.69 Å². The van der Waals surface area contributed by atoms with Gasteiger partial charge in [0, 0.05) is 0 Å². The molecule has 0 aliphatic rings. The van der Waals surface area contributed by atoms with E-state index in [0.717, 1.165) is 17.9 Å². The fourth-order valence-electron chi connectivity index (χ4n) is 1.42. The normalized spacial score (nSPS) is 10.5. The molecule has 90 valence electrons. The van der Waals surface area contributed by atoms with Gasteiger partial charge in [-0.25, -0.2) is 4.68 Å². The lowest BCUT2D eigenvalue weighted by Gasteiger charge is -2.03. The first-order valence-electron chi connectivity index (χ1n) is 5.43. The smallest absolute Gasteiger partial charge is 0.157 e. The Labute approximate surface area is 105 Å². The molecule has 0 unspecified atom stereocenters. The van der Waals surface area contributed by atoms with E-state index in [1.807, 2.05) is 24.3 Å². The third kappa shape index (κ3) is 2.99. The van der Waals surface area contributed by atoms with E-state index in [-0.39, 0.29) is 0 Å². The van der Waals surface area contributed by atoms with Crippen LogP contribution in [0.2, 0.25) is 5.02 Å². The second-order valence-electron chi connectivity index (χ2n) is 3.56. The molecule has 0 bridgehead atoms. The quantitative estimate of drug-likeness (QED) is 0.830. The molecular formula is C12H14ClN3O. The zero-order valence-electron chi connectivity index (χ0n) is 9.34. The molecule has 0 spiro atoms. The number of para-hydroxylation sites is 1. The molecule has 2 rings (SSSR count). The Morgan fingerprint density at radius 2 is 2.18 bits per heavy atom. The van der Waals surface area contributed by atoms with Gasteiger partial charge in [0.05, 0.1) is 29.7 Å². The number of hydrogen-bond acceptors (Lipinski definition) is 3. The van der Waals surface area contributed by atoms with Crippen LogP contribution in [0.15, 0.2) is 36.7 Å². The summed E-state index contributed by atoms with van der Waals surface area (Å²) in [6.07, 6.45) is 4.30. The van der Waals surface area contributed by atoms with Crippen molar-refractivity contribution in [2.24, 2.45) is 5.73 Å². The Morgan fingerprint density at radius 3 is 2.94 bits per heavy atom. The minimum absolute atomic E-state index is 0.602. The molecule has 1 aromatic carbocycles. The summed E-state index contributed by atoms with van der Waals surface area (Å²) in [4.78, 5) is 0. The molecular weight excluding hydrogens is 238 g/mol. The maximum Gasteiger partial charge on any atom is 0.157 e. The van der Waals surface area contributed by atoms with Crippen LogP contribution >= 0.6 is 11.6 Å². The van der Waals surface area contributed by atoms with Crippen LogP contribution in [0.4, 0.5) is 0 Å². The van der Waals surface area contributed by atoms with Gasteiger partial charge in [-0.05, 0) is 25.1 Å². The molecule has 2 N–H and O–H groups in total. The molecule has 1 aromatic heterocycles. The molecule has 0 fully saturated rings. The Balaban J connectivity index is 2.10. The van der Waals surface area contributed by atoms with Crippen LogP contribution in [0, 0.1) is 0 Å². The third-order valence-corrected chi connectivity index (χ3v) is 2.59. The number of benzene rings is 1. The van der Waals surface area contributed by atoms with Gasteiger partial charge in [0.25, 0.3) is 0 Å². The van der Waals surface area contributed by atoms with Crippen LogP contribution < -0.4 is 10.5 Å². The molecule has 1 heterocycles. The van der Waals surface area contributed by atoms with Crippen molar-refractivity contribution in [3.05, 3.63) is 41.7 Å². The van der Waals surface area contributed by atoms with Gasteiger partial charge in [-0.3, -0.25) is 0 Å². The van der Waals surface area contributed by atoms with Crippen molar-refractivity contribution in [1.29, 1.82) is 0 Å². The summed E-state index contributed by atoms with van der Waals surface area (Å²) in [5, 5.41) is 4.86. The van der Waals surface area contributed by atoms with Gasteiger partial charge in [-0.2, -0.15) is 5.10 Å².